The third-order valence-electron chi connectivity index (χ3n) is 11.7. The van der Waals surface area contributed by atoms with Crippen LogP contribution in [0.3, 0.4) is 0 Å². The van der Waals surface area contributed by atoms with Gasteiger partial charge in [0.15, 0.2) is 18.1 Å². The zero-order valence-corrected chi connectivity index (χ0v) is 40.3. The van der Waals surface area contributed by atoms with Crippen LogP contribution in [-0.4, -0.2) is 106 Å². The topological polar surface area (TPSA) is 179 Å². The highest BCUT2D eigenvalue weighted by Gasteiger charge is 2.28. The number of H-pyrrole nitrogens is 1. The fourth-order valence-corrected chi connectivity index (χ4v) is 7.82. The van der Waals surface area contributed by atoms with Gasteiger partial charge in [-0.2, -0.15) is 14.9 Å². The molecular formula is C53H50F3N14O3+. The predicted molar refractivity (Wildman–Crippen MR) is 271 cm³/mol. The lowest BCUT2D eigenvalue weighted by molar-refractivity contribution is -0.483. The summed E-state index contributed by atoms with van der Waals surface area (Å²) in [6.07, 6.45) is 13.6. The summed E-state index contributed by atoms with van der Waals surface area (Å²) in [5.41, 5.74) is 7.36. The number of aryl methyl sites for hydroxylation is 2. The van der Waals surface area contributed by atoms with Gasteiger partial charge in [0.2, 0.25) is 0 Å². The van der Waals surface area contributed by atoms with Crippen LogP contribution < -0.4 is 15.1 Å². The summed E-state index contributed by atoms with van der Waals surface area (Å²) in [4.78, 5) is 56.1. The monoisotopic (exact) mass is 987 g/mol. The number of anilines is 3. The van der Waals surface area contributed by atoms with Crippen molar-refractivity contribution < 1.29 is 27.5 Å². The number of nitrogens with one attached hydrogen (secondary N) is 2. The van der Waals surface area contributed by atoms with E-state index in [1.807, 2.05) is 36.4 Å². The van der Waals surface area contributed by atoms with Gasteiger partial charge in [0.05, 0.1) is 23.9 Å². The van der Waals surface area contributed by atoms with Crippen molar-refractivity contribution in [3.05, 3.63) is 198 Å². The smallest absolute Gasteiger partial charge is 0.352 e. The molecule has 10 rings (SSSR count). The first-order chi connectivity index (χ1) is 35.3. The molecular weight excluding hydrogens is 938 g/mol. The van der Waals surface area contributed by atoms with Gasteiger partial charge < -0.3 is 20.0 Å². The second kappa shape index (κ2) is 23.2. The Morgan fingerprint density at radius 3 is 1.71 bits per heavy atom. The minimum Gasteiger partial charge on any atom is -0.352 e. The maximum atomic E-state index is 13.1. The van der Waals surface area contributed by atoms with Gasteiger partial charge in [-0.25, -0.2) is 13.2 Å². The van der Waals surface area contributed by atoms with Gasteiger partial charge in [0, 0.05) is 101 Å². The van der Waals surface area contributed by atoms with Gasteiger partial charge in [-0.3, -0.25) is 34.3 Å². The highest BCUT2D eigenvalue weighted by molar-refractivity contribution is 6.09. The minimum absolute atomic E-state index is 0.107. The van der Waals surface area contributed by atoms with Crippen LogP contribution in [-0.2, 0) is 20.6 Å². The molecule has 6 aromatic heterocycles. The first-order valence-electron chi connectivity index (χ1n) is 22.9. The van der Waals surface area contributed by atoms with Crippen LogP contribution in [0.2, 0.25) is 0 Å². The fraction of sp³-hybridized carbons (Fsp3) is 0.170. The van der Waals surface area contributed by atoms with E-state index in [-0.39, 0.29) is 35.8 Å². The Kier molecular flexibility index (Phi) is 15.9. The Labute approximate surface area is 418 Å². The van der Waals surface area contributed by atoms with E-state index in [1.165, 1.54) is 53.4 Å². The molecule has 1 aliphatic rings. The Balaban J connectivity index is 0.000000148. The molecule has 0 bridgehead atoms. The van der Waals surface area contributed by atoms with Crippen LogP contribution in [0.4, 0.5) is 36.2 Å². The second-order valence-corrected chi connectivity index (χ2v) is 16.9. The Bertz CT molecular complexity index is 3270. The average Bonchev–Trinajstić information content (AvgIpc) is 4.16. The number of pyridine rings is 3. The Morgan fingerprint density at radius 2 is 1.14 bits per heavy atom. The van der Waals surface area contributed by atoms with E-state index >= 15 is 0 Å². The van der Waals surface area contributed by atoms with E-state index in [0.29, 0.717) is 28.6 Å². The average molecular weight is 988 g/mol. The number of carbonyl (C=O) groups is 2. The number of rotatable bonds is 11. The molecule has 2 N–H and O–H groups in total. The minimum atomic E-state index is -0.352. The van der Waals surface area contributed by atoms with E-state index in [4.69, 9.17) is 0 Å². The zero-order chi connectivity index (χ0) is 51.4. The molecule has 73 heavy (non-hydrogen) atoms. The van der Waals surface area contributed by atoms with Crippen molar-refractivity contribution in [3.8, 4) is 33.4 Å². The zero-order valence-electron chi connectivity index (χ0n) is 40.3. The highest BCUT2D eigenvalue weighted by Crippen LogP contribution is 2.34. The van der Waals surface area contributed by atoms with Crippen LogP contribution in [0.5, 0.6) is 0 Å². The molecule has 1 fully saturated rings. The Morgan fingerprint density at radius 1 is 0.644 bits per heavy atom. The molecule has 9 aromatic rings. The van der Waals surface area contributed by atoms with Crippen molar-refractivity contribution in [1.29, 1.82) is 0 Å². The number of hydrogen-bond acceptors (Lipinski definition) is 11. The number of aromatic amines is 1. The number of benzene rings is 3. The largest absolute Gasteiger partial charge is 0.395 e. The van der Waals surface area contributed by atoms with E-state index < -0.39 is 0 Å². The molecule has 3 aromatic carbocycles. The van der Waals surface area contributed by atoms with Gasteiger partial charge >= 0.3 is 5.82 Å². The highest BCUT2D eigenvalue weighted by atomic mass is 19.1. The molecule has 0 unspecified atom stereocenters. The molecule has 1 aliphatic heterocycles. The van der Waals surface area contributed by atoms with Crippen molar-refractivity contribution >= 4 is 34.8 Å². The lowest BCUT2D eigenvalue weighted by atomic mass is 10.1. The van der Waals surface area contributed by atoms with Crippen LogP contribution in [0.1, 0.15) is 26.5 Å². The van der Waals surface area contributed by atoms with Crippen LogP contribution in [0.15, 0.2) is 159 Å². The lowest BCUT2D eigenvalue weighted by Gasteiger charge is -2.33. The summed E-state index contributed by atoms with van der Waals surface area (Å²) < 4.78 is 43.1. The third-order valence-corrected chi connectivity index (χ3v) is 11.7. The normalized spacial score (nSPS) is 12.2. The number of amides is 2. The molecule has 0 spiro atoms. The first-order valence-corrected chi connectivity index (χ1v) is 22.9. The second-order valence-electron chi connectivity index (χ2n) is 16.9. The number of piperazine rings is 1. The van der Waals surface area contributed by atoms with Crippen molar-refractivity contribution in [3.63, 3.8) is 0 Å². The number of hydrogen-bond donors (Lipinski definition) is 2. The number of aromatic nitrogens is 9. The maximum absolute atomic E-state index is 13.1. The molecule has 0 radical (unpaired) electrons. The molecule has 1 saturated heterocycles. The Hall–Kier alpha value is -9.17. The number of halogens is 3. The third kappa shape index (κ3) is 12.6. The van der Waals surface area contributed by atoms with E-state index in [0.717, 1.165) is 75.7 Å². The quantitative estimate of drug-likeness (QED) is 0.118. The molecule has 2 amide bonds. The van der Waals surface area contributed by atoms with Crippen molar-refractivity contribution in [2.45, 2.75) is 6.54 Å². The summed E-state index contributed by atoms with van der Waals surface area (Å²) in [7, 11) is 7.26. The molecule has 0 saturated carbocycles. The van der Waals surface area contributed by atoms with Gasteiger partial charge in [0.25, 0.3) is 11.8 Å². The SMILES string of the molecule is CN(C(=O)c1nn(C)cc1-c1ccncc1)c1ccc(F)cc1.CN1CCN(c2n[nH]c(C(=O)Nc3ccc(F)cc3)c2-c2ccncc2)CC1.Cn1cc(-c2ccncc2)c([N+](=O)Cc2ccc(F)cc2)n1. The first kappa shape index (κ1) is 50.2. The summed E-state index contributed by atoms with van der Waals surface area (Å²) in [6, 6.07) is 28.3. The summed E-state index contributed by atoms with van der Waals surface area (Å²) in [5, 5.41) is 18.7. The van der Waals surface area contributed by atoms with E-state index in [1.54, 1.807) is 104 Å². The molecule has 370 valence electrons. The van der Waals surface area contributed by atoms with Crippen LogP contribution in [0.25, 0.3) is 33.4 Å². The number of likely N-dealkylation sites (N-methyl/N-ethyl adjacent to an activating group) is 1. The summed E-state index contributed by atoms with van der Waals surface area (Å²) in [6.45, 7) is 3.63. The van der Waals surface area contributed by atoms with E-state index in [2.05, 4.69) is 57.5 Å². The van der Waals surface area contributed by atoms with Gasteiger partial charge in [0.1, 0.15) is 28.7 Å². The fourth-order valence-electron chi connectivity index (χ4n) is 7.82. The molecule has 0 atom stereocenters. The van der Waals surface area contributed by atoms with Gasteiger partial charge in [-0.15, -0.1) is 0 Å². The van der Waals surface area contributed by atoms with Gasteiger partial charge in [-0.05, 0) is 131 Å². The molecule has 20 heteroatoms. The standard InChI is InChI=1S/C20H21FN6O.C17H15FN4O.C16H14FN4O/c1-26-10-12-27(13-11-26)19-17(14-6-8-22-9-7-14)18(24-25-19)20(28)23-16-4-2-15(21)3-5-16;1-21-11-15(12-7-9-19-10-8-12)16(20-21)17(23)22(2)14-5-3-13(18)4-6-14;1-20-11-15(13-6-8-18-9-7-13)16(19-20)21(22)10-12-2-4-14(17)5-3-12/h2-9H,10-13H2,1H3,(H,23,28)(H,24,25);3-11H,1-2H3;2-9,11H,10H2,1H3/q;;+1. The molecule has 17 nitrogen and oxygen atoms in total. The number of nitrogens with zero attached hydrogens (tertiary/aromatic N) is 12. The van der Waals surface area contributed by atoms with Crippen molar-refractivity contribution in [1.82, 2.24) is 49.6 Å². The lowest BCUT2D eigenvalue weighted by Crippen LogP contribution is -2.44. The predicted octanol–water partition coefficient (Wildman–Crippen LogP) is 8.74. The maximum Gasteiger partial charge on any atom is 0.395 e. The van der Waals surface area contributed by atoms with Crippen molar-refractivity contribution in [2.75, 3.05) is 55.4 Å². The van der Waals surface area contributed by atoms with Gasteiger partial charge in [-0.1, -0.05) is 17.0 Å². The van der Waals surface area contributed by atoms with Crippen LogP contribution >= 0.6 is 0 Å². The number of carbonyl (C=O) groups excluding carboxylic acids is 2. The van der Waals surface area contributed by atoms with Crippen LogP contribution in [0, 0.1) is 22.4 Å². The number of nitroso groups, excluding NO2 is 1. The summed E-state index contributed by atoms with van der Waals surface area (Å²) in [5.74, 6) is -0.521. The van der Waals surface area contributed by atoms with E-state index in [9.17, 15) is 27.7 Å². The molecule has 0 aliphatic carbocycles. The summed E-state index contributed by atoms with van der Waals surface area (Å²) >= 11 is 0. The van der Waals surface area contributed by atoms with Crippen molar-refractivity contribution in [2.24, 2.45) is 14.1 Å². The molecule has 7 heterocycles.